The fourth-order valence-corrected chi connectivity index (χ4v) is 1.61. The quantitative estimate of drug-likeness (QED) is 0.445. The van der Waals surface area contributed by atoms with Crippen molar-refractivity contribution in [2.45, 2.75) is 32.6 Å². The van der Waals surface area contributed by atoms with Gasteiger partial charge in [-0.1, -0.05) is 6.92 Å². The summed E-state index contributed by atoms with van der Waals surface area (Å²) in [6, 6.07) is 0. The van der Waals surface area contributed by atoms with Gasteiger partial charge in [-0.15, -0.1) is 0 Å². The second-order valence-corrected chi connectivity index (χ2v) is 3.43. The first-order valence-corrected chi connectivity index (χ1v) is 4.18. The third kappa shape index (κ3) is 2.19. The normalized spacial score (nSPS) is 31.5. The van der Waals surface area contributed by atoms with Gasteiger partial charge >= 0.3 is 0 Å². The highest BCUT2D eigenvalue weighted by atomic mass is 16.5. The topological polar surface area (TPSA) is 49.3 Å². The zero-order valence-electron chi connectivity index (χ0n) is 6.84. The van der Waals surface area contributed by atoms with Gasteiger partial charge in [0.05, 0.1) is 0 Å². The van der Waals surface area contributed by atoms with E-state index in [1.165, 1.54) is 0 Å². The number of carbonyl (C=O) groups excluding carboxylic acids is 1. The summed E-state index contributed by atoms with van der Waals surface area (Å²) in [7, 11) is 0. The number of rotatable bonds is 1. The van der Waals surface area contributed by atoms with Gasteiger partial charge in [-0.2, -0.15) is 0 Å². The van der Waals surface area contributed by atoms with Crippen LogP contribution >= 0.6 is 0 Å². The average Bonchev–Trinajstić information content (AvgIpc) is 2.05. The molecule has 0 aromatic rings. The summed E-state index contributed by atoms with van der Waals surface area (Å²) in [6.07, 6.45) is 4.07. The van der Waals surface area contributed by atoms with Crippen LogP contribution in [0.25, 0.3) is 0 Å². The van der Waals surface area contributed by atoms with Gasteiger partial charge in [0.15, 0.2) is 0 Å². The number of amides is 1. The zero-order valence-corrected chi connectivity index (χ0v) is 6.84. The minimum Gasteiger partial charge on any atom is -0.289 e. The molecule has 3 heteroatoms. The fourth-order valence-electron chi connectivity index (χ4n) is 1.61. The van der Waals surface area contributed by atoms with Crippen molar-refractivity contribution in [1.29, 1.82) is 0 Å². The summed E-state index contributed by atoms with van der Waals surface area (Å²) < 4.78 is 0. The number of nitrogens with one attached hydrogen (secondary N) is 1. The Morgan fingerprint density at radius 2 is 1.91 bits per heavy atom. The van der Waals surface area contributed by atoms with E-state index in [0.29, 0.717) is 0 Å². The smallest absolute Gasteiger partial charge is 0.246 e. The van der Waals surface area contributed by atoms with Gasteiger partial charge in [0, 0.05) is 5.92 Å². The lowest BCUT2D eigenvalue weighted by Gasteiger charge is -2.23. The summed E-state index contributed by atoms with van der Waals surface area (Å²) in [5.41, 5.74) is 1.71. The zero-order chi connectivity index (χ0) is 8.27. The van der Waals surface area contributed by atoms with Crippen molar-refractivity contribution in [3.05, 3.63) is 0 Å². The van der Waals surface area contributed by atoms with Crippen LogP contribution in [0, 0.1) is 11.8 Å². The molecule has 0 bridgehead atoms. The lowest BCUT2D eigenvalue weighted by atomic mass is 9.83. The van der Waals surface area contributed by atoms with E-state index in [1.807, 2.05) is 0 Å². The Kier molecular flexibility index (Phi) is 2.88. The van der Waals surface area contributed by atoms with Crippen molar-refractivity contribution < 1.29 is 10.0 Å². The van der Waals surface area contributed by atoms with Gasteiger partial charge < -0.3 is 0 Å². The first-order valence-electron chi connectivity index (χ1n) is 4.18. The molecule has 1 rings (SSSR count). The monoisotopic (exact) mass is 157 g/mol. The number of hydrogen-bond donors (Lipinski definition) is 2. The first kappa shape index (κ1) is 8.53. The van der Waals surface area contributed by atoms with Crippen molar-refractivity contribution in [3.8, 4) is 0 Å². The van der Waals surface area contributed by atoms with Crippen molar-refractivity contribution in [1.82, 2.24) is 5.48 Å². The Morgan fingerprint density at radius 3 is 2.36 bits per heavy atom. The molecule has 0 spiro atoms. The van der Waals surface area contributed by atoms with E-state index in [-0.39, 0.29) is 11.8 Å². The number of hydrogen-bond acceptors (Lipinski definition) is 2. The Balaban J connectivity index is 2.33. The minimum atomic E-state index is -0.211. The van der Waals surface area contributed by atoms with Gasteiger partial charge in [0.2, 0.25) is 5.91 Å². The largest absolute Gasteiger partial charge is 0.289 e. The SMILES string of the molecule is C[C@H]1CC[C@@H](C(=O)NO)CC1. The predicted molar refractivity (Wildman–Crippen MR) is 41.1 cm³/mol. The van der Waals surface area contributed by atoms with E-state index in [9.17, 15) is 4.79 Å². The van der Waals surface area contributed by atoms with Crippen LogP contribution in [-0.2, 0) is 4.79 Å². The number of carbonyl (C=O) groups is 1. The summed E-state index contributed by atoms with van der Waals surface area (Å²) in [6.45, 7) is 2.20. The Morgan fingerprint density at radius 1 is 1.36 bits per heavy atom. The van der Waals surface area contributed by atoms with E-state index in [2.05, 4.69) is 6.92 Å². The lowest BCUT2D eigenvalue weighted by Crippen LogP contribution is -2.30. The van der Waals surface area contributed by atoms with Gasteiger partial charge in [0.25, 0.3) is 0 Å². The van der Waals surface area contributed by atoms with Crippen LogP contribution in [0.15, 0.2) is 0 Å². The second kappa shape index (κ2) is 3.72. The minimum absolute atomic E-state index is 0.0520. The molecular weight excluding hydrogens is 142 g/mol. The molecule has 0 radical (unpaired) electrons. The highest BCUT2D eigenvalue weighted by molar-refractivity contribution is 5.77. The van der Waals surface area contributed by atoms with E-state index in [0.717, 1.165) is 31.6 Å². The van der Waals surface area contributed by atoms with Crippen LogP contribution in [0.5, 0.6) is 0 Å². The lowest BCUT2D eigenvalue weighted by molar-refractivity contribution is -0.134. The molecule has 1 aliphatic carbocycles. The maximum Gasteiger partial charge on any atom is 0.246 e. The molecule has 0 aromatic heterocycles. The maximum atomic E-state index is 10.9. The van der Waals surface area contributed by atoms with Crippen molar-refractivity contribution in [2.75, 3.05) is 0 Å². The van der Waals surface area contributed by atoms with Crippen molar-refractivity contribution in [3.63, 3.8) is 0 Å². The molecular formula is C8H15NO2. The van der Waals surface area contributed by atoms with Gasteiger partial charge in [0.1, 0.15) is 0 Å². The molecule has 11 heavy (non-hydrogen) atoms. The second-order valence-electron chi connectivity index (χ2n) is 3.43. The van der Waals surface area contributed by atoms with E-state index >= 15 is 0 Å². The molecule has 1 fully saturated rings. The molecule has 1 amide bonds. The number of hydroxylamine groups is 1. The third-order valence-electron chi connectivity index (χ3n) is 2.50. The van der Waals surface area contributed by atoms with Crippen LogP contribution in [-0.4, -0.2) is 11.1 Å². The van der Waals surface area contributed by atoms with E-state index in [1.54, 1.807) is 5.48 Å². The fraction of sp³-hybridized carbons (Fsp3) is 0.875. The van der Waals surface area contributed by atoms with Crippen molar-refractivity contribution >= 4 is 5.91 Å². The average molecular weight is 157 g/mol. The Bertz CT molecular complexity index is 139. The Hall–Kier alpha value is -0.570. The molecule has 1 saturated carbocycles. The molecule has 0 aromatic carbocycles. The summed E-state index contributed by atoms with van der Waals surface area (Å²) in [5.74, 6) is 0.589. The van der Waals surface area contributed by atoms with Gasteiger partial charge in [-0.05, 0) is 31.6 Å². The maximum absolute atomic E-state index is 10.9. The summed E-state index contributed by atoms with van der Waals surface area (Å²) in [5, 5.41) is 8.35. The molecule has 0 unspecified atom stereocenters. The Labute approximate surface area is 66.7 Å². The molecule has 0 aliphatic heterocycles. The van der Waals surface area contributed by atoms with Crippen LogP contribution < -0.4 is 5.48 Å². The van der Waals surface area contributed by atoms with Crippen LogP contribution in [0.2, 0.25) is 0 Å². The van der Waals surface area contributed by atoms with Crippen LogP contribution in [0.3, 0.4) is 0 Å². The molecule has 0 atom stereocenters. The van der Waals surface area contributed by atoms with E-state index in [4.69, 9.17) is 5.21 Å². The molecule has 0 saturated heterocycles. The summed E-state index contributed by atoms with van der Waals surface area (Å²) >= 11 is 0. The van der Waals surface area contributed by atoms with Crippen LogP contribution in [0.1, 0.15) is 32.6 Å². The van der Waals surface area contributed by atoms with Gasteiger partial charge in [-0.3, -0.25) is 10.0 Å². The predicted octanol–water partition coefficient (Wildman–Crippen LogP) is 1.32. The van der Waals surface area contributed by atoms with Crippen LogP contribution in [0.4, 0.5) is 0 Å². The third-order valence-corrected chi connectivity index (χ3v) is 2.50. The molecule has 2 N–H and O–H groups in total. The first-order chi connectivity index (χ1) is 5.24. The molecule has 0 heterocycles. The summed E-state index contributed by atoms with van der Waals surface area (Å²) in [4.78, 5) is 10.9. The molecule has 64 valence electrons. The highest BCUT2D eigenvalue weighted by Crippen LogP contribution is 2.27. The van der Waals surface area contributed by atoms with Gasteiger partial charge in [-0.25, -0.2) is 5.48 Å². The highest BCUT2D eigenvalue weighted by Gasteiger charge is 2.23. The molecule has 3 nitrogen and oxygen atoms in total. The molecule has 1 aliphatic rings. The van der Waals surface area contributed by atoms with E-state index < -0.39 is 0 Å². The van der Waals surface area contributed by atoms with Crippen molar-refractivity contribution in [2.24, 2.45) is 11.8 Å². The standard InChI is InChI=1S/C8H15NO2/c1-6-2-4-7(5-3-6)8(10)9-11/h6-7,11H,2-5H2,1H3,(H,9,10)/t6-,7+.